The van der Waals surface area contributed by atoms with Gasteiger partial charge in [-0.1, -0.05) is 53.9 Å². The molecule has 0 fully saturated rings. The first-order valence-corrected chi connectivity index (χ1v) is 15.0. The molecule has 0 bridgehead atoms. The van der Waals surface area contributed by atoms with E-state index in [9.17, 15) is 18.0 Å². The number of anilines is 1. The second-order valence-corrected chi connectivity index (χ2v) is 12.2. The lowest BCUT2D eigenvalue weighted by Gasteiger charge is -2.30. The Hall–Kier alpha value is -2.00. The lowest BCUT2D eigenvalue weighted by Crippen LogP contribution is -2.49. The summed E-state index contributed by atoms with van der Waals surface area (Å²) in [6.07, 6.45) is 2.13. The van der Waals surface area contributed by atoms with E-state index in [0.29, 0.717) is 31.9 Å². The van der Waals surface area contributed by atoms with Crippen molar-refractivity contribution in [3.8, 4) is 0 Å². The van der Waals surface area contributed by atoms with E-state index in [-0.39, 0.29) is 43.8 Å². The van der Waals surface area contributed by atoms with Crippen molar-refractivity contribution in [3.05, 3.63) is 62.6 Å². The van der Waals surface area contributed by atoms with Crippen LogP contribution in [0.25, 0.3) is 0 Å². The molecule has 2 amide bonds. The van der Waals surface area contributed by atoms with Crippen LogP contribution in [0.2, 0.25) is 15.1 Å². The molecule has 0 aromatic heterocycles. The first-order valence-electron chi connectivity index (χ1n) is 12.0. The fraction of sp³-hybridized carbons (Fsp3) is 0.462. The molecule has 2 aromatic rings. The average Bonchev–Trinajstić information content (AvgIpc) is 2.82. The second-order valence-electron chi connectivity index (χ2n) is 9.07. The van der Waals surface area contributed by atoms with E-state index >= 15 is 0 Å². The van der Waals surface area contributed by atoms with Crippen LogP contribution in [0, 0.1) is 6.92 Å². The molecule has 2 rings (SSSR count). The number of nitrogens with one attached hydrogen (secondary N) is 1. The molecule has 0 aliphatic rings. The van der Waals surface area contributed by atoms with Gasteiger partial charge in [0.2, 0.25) is 21.8 Å². The van der Waals surface area contributed by atoms with E-state index in [1.807, 2.05) is 13.8 Å². The summed E-state index contributed by atoms with van der Waals surface area (Å²) in [5, 5.41) is 4.22. The molecule has 0 aliphatic heterocycles. The van der Waals surface area contributed by atoms with Gasteiger partial charge in [0, 0.05) is 40.6 Å². The molecular weight excluding hydrogens is 557 g/mol. The Morgan fingerprint density at radius 3 is 2.32 bits per heavy atom. The zero-order chi connectivity index (χ0) is 27.9. The van der Waals surface area contributed by atoms with E-state index in [4.69, 9.17) is 34.8 Å². The number of sulfonamides is 1. The minimum atomic E-state index is -3.62. The standard InChI is InChI=1S/C26H34Cl3N3O4S/c1-6-17(2)30-26(34)19(4)31(16-20-12-13-21(27)15-23(20)29)25(33)11-8-14-32(37(5,35)36)24-10-7-9-22(28)18(24)3/h7,9-10,12-13,15,17,19H,6,8,11,14,16H2,1-5H3,(H,30,34). The molecule has 0 saturated carbocycles. The summed E-state index contributed by atoms with van der Waals surface area (Å²) in [5.41, 5.74) is 1.75. The lowest BCUT2D eigenvalue weighted by atomic mass is 10.1. The van der Waals surface area contributed by atoms with Gasteiger partial charge in [-0.05, 0) is 69.0 Å². The van der Waals surface area contributed by atoms with Crippen molar-refractivity contribution < 1.29 is 18.0 Å². The van der Waals surface area contributed by atoms with E-state index in [2.05, 4.69) is 5.32 Å². The van der Waals surface area contributed by atoms with Crippen molar-refractivity contribution in [1.82, 2.24) is 10.2 Å². The summed E-state index contributed by atoms with van der Waals surface area (Å²) >= 11 is 18.6. The van der Waals surface area contributed by atoms with E-state index in [0.717, 1.165) is 12.7 Å². The topological polar surface area (TPSA) is 86.8 Å². The first-order chi connectivity index (χ1) is 17.3. The van der Waals surface area contributed by atoms with Crippen molar-refractivity contribution in [3.63, 3.8) is 0 Å². The normalized spacial score (nSPS) is 13.1. The fourth-order valence-corrected chi connectivity index (χ4v) is 5.38. The zero-order valence-electron chi connectivity index (χ0n) is 21.7. The largest absolute Gasteiger partial charge is 0.352 e. The predicted octanol–water partition coefficient (Wildman–Crippen LogP) is 5.83. The van der Waals surface area contributed by atoms with Crippen LogP contribution >= 0.6 is 34.8 Å². The minimum Gasteiger partial charge on any atom is -0.352 e. The maximum atomic E-state index is 13.4. The van der Waals surface area contributed by atoms with Crippen molar-refractivity contribution in [1.29, 1.82) is 0 Å². The number of carbonyl (C=O) groups excluding carboxylic acids is 2. The summed E-state index contributed by atoms with van der Waals surface area (Å²) in [5.74, 6) is -0.575. The third-order valence-corrected chi connectivity index (χ3v) is 8.36. The smallest absolute Gasteiger partial charge is 0.242 e. The summed E-state index contributed by atoms with van der Waals surface area (Å²) in [7, 11) is -3.62. The number of benzene rings is 2. The van der Waals surface area contributed by atoms with E-state index < -0.39 is 16.1 Å². The molecule has 7 nitrogen and oxygen atoms in total. The highest BCUT2D eigenvalue weighted by molar-refractivity contribution is 7.92. The maximum Gasteiger partial charge on any atom is 0.242 e. The van der Waals surface area contributed by atoms with Gasteiger partial charge in [0.15, 0.2) is 0 Å². The number of halogens is 3. The third-order valence-electron chi connectivity index (χ3n) is 6.18. The number of hydrogen-bond donors (Lipinski definition) is 1. The van der Waals surface area contributed by atoms with Crippen LogP contribution in [0.4, 0.5) is 5.69 Å². The Balaban J connectivity index is 2.25. The summed E-state index contributed by atoms with van der Waals surface area (Å²) in [6.45, 7) is 7.45. The average molecular weight is 591 g/mol. The molecule has 2 aromatic carbocycles. The lowest BCUT2D eigenvalue weighted by molar-refractivity contribution is -0.140. The maximum absolute atomic E-state index is 13.4. The number of nitrogens with zero attached hydrogens (tertiary/aromatic N) is 2. The number of hydrogen-bond acceptors (Lipinski definition) is 4. The molecule has 0 radical (unpaired) electrons. The van der Waals surface area contributed by atoms with Crippen LogP contribution in [0.15, 0.2) is 36.4 Å². The Labute approximate surface area is 235 Å². The molecular formula is C26H34Cl3N3O4S. The van der Waals surface area contributed by atoms with Crippen LogP contribution < -0.4 is 9.62 Å². The third kappa shape index (κ3) is 8.77. The van der Waals surface area contributed by atoms with Gasteiger partial charge in [0.05, 0.1) is 11.9 Å². The van der Waals surface area contributed by atoms with Crippen LogP contribution in [-0.2, 0) is 26.2 Å². The highest BCUT2D eigenvalue weighted by atomic mass is 35.5. The van der Waals surface area contributed by atoms with Gasteiger partial charge < -0.3 is 10.2 Å². The number of rotatable bonds is 12. The van der Waals surface area contributed by atoms with Gasteiger partial charge in [0.1, 0.15) is 6.04 Å². The first kappa shape index (κ1) is 31.2. The van der Waals surface area contributed by atoms with Gasteiger partial charge in [-0.2, -0.15) is 0 Å². The van der Waals surface area contributed by atoms with Gasteiger partial charge >= 0.3 is 0 Å². The molecule has 204 valence electrons. The van der Waals surface area contributed by atoms with Gasteiger partial charge in [0.25, 0.3) is 0 Å². The minimum absolute atomic E-state index is 0.0256. The monoisotopic (exact) mass is 589 g/mol. The molecule has 0 saturated heterocycles. The quantitative estimate of drug-likeness (QED) is 0.337. The molecule has 37 heavy (non-hydrogen) atoms. The van der Waals surface area contributed by atoms with Crippen molar-refractivity contribution in [2.45, 2.75) is 65.6 Å². The Kier molecular flexibility index (Phi) is 11.6. The zero-order valence-corrected chi connectivity index (χ0v) is 24.8. The highest BCUT2D eigenvalue weighted by Gasteiger charge is 2.28. The summed E-state index contributed by atoms with van der Waals surface area (Å²) < 4.78 is 26.3. The molecule has 2 atom stereocenters. The van der Waals surface area contributed by atoms with Crippen molar-refractivity contribution >= 4 is 62.3 Å². The number of amides is 2. The van der Waals surface area contributed by atoms with Gasteiger partial charge in [-0.3, -0.25) is 13.9 Å². The Bertz CT molecular complexity index is 1220. The van der Waals surface area contributed by atoms with Crippen LogP contribution in [-0.4, -0.2) is 50.0 Å². The number of carbonyl (C=O) groups is 2. The van der Waals surface area contributed by atoms with Crippen LogP contribution in [0.3, 0.4) is 0 Å². The van der Waals surface area contributed by atoms with Crippen LogP contribution in [0.1, 0.15) is 51.2 Å². The Morgan fingerprint density at radius 2 is 1.73 bits per heavy atom. The van der Waals surface area contributed by atoms with E-state index in [1.54, 1.807) is 50.2 Å². The van der Waals surface area contributed by atoms with Crippen molar-refractivity contribution in [2.24, 2.45) is 0 Å². The second kappa shape index (κ2) is 13.7. The molecule has 1 N–H and O–H groups in total. The molecule has 0 heterocycles. The Morgan fingerprint density at radius 1 is 1.05 bits per heavy atom. The predicted molar refractivity (Wildman–Crippen MR) is 152 cm³/mol. The fourth-order valence-electron chi connectivity index (χ4n) is 3.73. The van der Waals surface area contributed by atoms with Gasteiger partial charge in [-0.25, -0.2) is 8.42 Å². The molecule has 0 spiro atoms. The van der Waals surface area contributed by atoms with Gasteiger partial charge in [-0.15, -0.1) is 0 Å². The van der Waals surface area contributed by atoms with Crippen molar-refractivity contribution in [2.75, 3.05) is 17.1 Å². The molecule has 11 heteroatoms. The molecule has 2 unspecified atom stereocenters. The summed E-state index contributed by atoms with van der Waals surface area (Å²) in [4.78, 5) is 27.8. The SMILES string of the molecule is CCC(C)NC(=O)C(C)N(Cc1ccc(Cl)cc1Cl)C(=O)CCCN(c1cccc(Cl)c1C)S(C)(=O)=O. The summed E-state index contributed by atoms with van der Waals surface area (Å²) in [6, 6.07) is 9.22. The van der Waals surface area contributed by atoms with Crippen LogP contribution in [0.5, 0.6) is 0 Å². The van der Waals surface area contributed by atoms with E-state index in [1.165, 1.54) is 9.21 Å². The highest BCUT2D eigenvalue weighted by Crippen LogP contribution is 2.29. The molecule has 0 aliphatic carbocycles.